The van der Waals surface area contributed by atoms with Gasteiger partial charge in [0.05, 0.1) is 19.3 Å². The smallest absolute Gasteiger partial charge is 0.231 e. The van der Waals surface area contributed by atoms with Crippen LogP contribution in [0.15, 0.2) is 18.2 Å². The van der Waals surface area contributed by atoms with Crippen LogP contribution in [0.5, 0.6) is 11.5 Å². The first kappa shape index (κ1) is 18.0. The highest BCUT2D eigenvalue weighted by Crippen LogP contribution is 2.37. The van der Waals surface area contributed by atoms with Crippen molar-refractivity contribution in [1.29, 1.82) is 0 Å². The summed E-state index contributed by atoms with van der Waals surface area (Å²) in [4.78, 5) is 4.91. The maximum absolute atomic E-state index is 10.8. The van der Waals surface area contributed by atoms with Gasteiger partial charge in [-0.05, 0) is 44.5 Å². The van der Waals surface area contributed by atoms with E-state index in [4.69, 9.17) is 14.2 Å². The summed E-state index contributed by atoms with van der Waals surface area (Å²) < 4.78 is 16.4. The van der Waals surface area contributed by atoms with Crippen molar-refractivity contribution >= 4 is 0 Å². The van der Waals surface area contributed by atoms with Crippen molar-refractivity contribution < 1.29 is 19.3 Å². The molecule has 0 radical (unpaired) electrons. The van der Waals surface area contributed by atoms with Crippen LogP contribution < -0.4 is 9.47 Å². The highest BCUT2D eigenvalue weighted by atomic mass is 16.7. The topological polar surface area (TPSA) is 54.4 Å². The van der Waals surface area contributed by atoms with Crippen LogP contribution >= 0.6 is 0 Å². The molecule has 0 aromatic heterocycles. The average Bonchev–Trinajstić information content (AvgIpc) is 3.10. The zero-order valence-electron chi connectivity index (χ0n) is 15.8. The standard InChI is InChI=1S/C20H30N2O4/c1-20(2,22-7-9-24-10-8-22)13-21-6-5-16(17(23)12-21)15-3-4-18-19(11-15)26-14-25-18/h3-4,11,16-17,23H,5-10,12-14H2,1-2H3/t16-,17+/m0/s1. The van der Waals surface area contributed by atoms with E-state index >= 15 is 0 Å². The number of aliphatic hydroxyl groups is 1. The van der Waals surface area contributed by atoms with E-state index in [1.807, 2.05) is 12.1 Å². The minimum atomic E-state index is -0.357. The van der Waals surface area contributed by atoms with Crippen LogP contribution in [0, 0.1) is 0 Å². The Morgan fingerprint density at radius 1 is 1.12 bits per heavy atom. The Labute approximate surface area is 155 Å². The quantitative estimate of drug-likeness (QED) is 0.880. The maximum atomic E-state index is 10.8. The second-order valence-corrected chi connectivity index (χ2v) is 8.22. The van der Waals surface area contributed by atoms with Gasteiger partial charge in [-0.1, -0.05) is 6.07 Å². The number of ether oxygens (including phenoxy) is 3. The van der Waals surface area contributed by atoms with Gasteiger partial charge in [0.15, 0.2) is 11.5 Å². The molecular weight excluding hydrogens is 332 g/mol. The van der Waals surface area contributed by atoms with Gasteiger partial charge in [0.2, 0.25) is 6.79 Å². The monoisotopic (exact) mass is 362 g/mol. The summed E-state index contributed by atoms with van der Waals surface area (Å²) in [5, 5.41) is 10.8. The molecule has 2 fully saturated rings. The zero-order valence-corrected chi connectivity index (χ0v) is 15.8. The lowest BCUT2D eigenvalue weighted by Gasteiger charge is -2.46. The summed E-state index contributed by atoms with van der Waals surface area (Å²) in [7, 11) is 0. The maximum Gasteiger partial charge on any atom is 0.231 e. The summed E-state index contributed by atoms with van der Waals surface area (Å²) in [5.74, 6) is 1.76. The highest BCUT2D eigenvalue weighted by Gasteiger charge is 2.35. The van der Waals surface area contributed by atoms with Crippen LogP contribution in [0.25, 0.3) is 0 Å². The summed E-state index contributed by atoms with van der Waals surface area (Å²) in [5.41, 5.74) is 1.24. The normalized spacial score (nSPS) is 27.7. The van der Waals surface area contributed by atoms with Gasteiger partial charge in [0.1, 0.15) is 0 Å². The van der Waals surface area contributed by atoms with Crippen LogP contribution in [-0.2, 0) is 4.74 Å². The minimum Gasteiger partial charge on any atom is -0.454 e. The number of hydrogen-bond acceptors (Lipinski definition) is 6. The molecule has 26 heavy (non-hydrogen) atoms. The van der Waals surface area contributed by atoms with Gasteiger partial charge in [-0.3, -0.25) is 9.80 Å². The molecule has 1 N–H and O–H groups in total. The van der Waals surface area contributed by atoms with E-state index in [1.165, 1.54) is 0 Å². The molecule has 2 saturated heterocycles. The van der Waals surface area contributed by atoms with E-state index in [2.05, 4.69) is 29.7 Å². The molecule has 0 unspecified atom stereocenters. The van der Waals surface area contributed by atoms with Crippen LogP contribution in [0.1, 0.15) is 31.7 Å². The fourth-order valence-corrected chi connectivity index (χ4v) is 4.49. The van der Waals surface area contributed by atoms with Crippen LogP contribution in [0.3, 0.4) is 0 Å². The summed E-state index contributed by atoms with van der Waals surface area (Å²) in [6.45, 7) is 11.2. The Morgan fingerprint density at radius 2 is 1.88 bits per heavy atom. The first-order valence-electron chi connectivity index (χ1n) is 9.66. The van der Waals surface area contributed by atoms with Crippen LogP contribution in [0.4, 0.5) is 0 Å². The molecular formula is C20H30N2O4. The number of fused-ring (bicyclic) bond motifs is 1. The summed E-state index contributed by atoms with van der Waals surface area (Å²) >= 11 is 0. The van der Waals surface area contributed by atoms with Crippen molar-refractivity contribution in [3.8, 4) is 11.5 Å². The molecule has 0 spiro atoms. The van der Waals surface area contributed by atoms with Gasteiger partial charge in [-0.25, -0.2) is 0 Å². The van der Waals surface area contributed by atoms with E-state index in [1.54, 1.807) is 0 Å². The number of benzene rings is 1. The number of morpholine rings is 1. The lowest BCUT2D eigenvalue weighted by molar-refractivity contribution is -0.0335. The van der Waals surface area contributed by atoms with E-state index < -0.39 is 0 Å². The predicted molar refractivity (Wildman–Crippen MR) is 98.8 cm³/mol. The number of nitrogens with zero attached hydrogens (tertiary/aromatic N) is 2. The largest absolute Gasteiger partial charge is 0.454 e. The first-order valence-corrected chi connectivity index (χ1v) is 9.66. The van der Waals surface area contributed by atoms with Crippen molar-refractivity contribution in [3.63, 3.8) is 0 Å². The number of piperidine rings is 1. The van der Waals surface area contributed by atoms with Gasteiger partial charge in [-0.2, -0.15) is 0 Å². The third-order valence-corrected chi connectivity index (χ3v) is 5.97. The molecule has 6 heteroatoms. The third-order valence-electron chi connectivity index (χ3n) is 5.97. The second kappa shape index (κ2) is 7.35. The Hall–Kier alpha value is -1.34. The Bertz CT molecular complexity index is 630. The van der Waals surface area contributed by atoms with Crippen molar-refractivity contribution in [1.82, 2.24) is 9.80 Å². The van der Waals surface area contributed by atoms with Crippen molar-refractivity contribution in [3.05, 3.63) is 23.8 Å². The molecule has 4 rings (SSSR count). The SMILES string of the molecule is CC(C)(CN1CC[C@@H](c2ccc3c(c2)OCO3)[C@H](O)C1)N1CCOCC1. The van der Waals surface area contributed by atoms with Crippen molar-refractivity contribution in [2.45, 2.75) is 37.8 Å². The summed E-state index contributed by atoms with van der Waals surface area (Å²) in [6, 6.07) is 6.05. The molecule has 6 nitrogen and oxygen atoms in total. The molecule has 3 aliphatic heterocycles. The Morgan fingerprint density at radius 3 is 2.65 bits per heavy atom. The fourth-order valence-electron chi connectivity index (χ4n) is 4.49. The highest BCUT2D eigenvalue weighted by molar-refractivity contribution is 5.45. The molecule has 0 bridgehead atoms. The number of likely N-dealkylation sites (tertiary alicyclic amines) is 1. The van der Waals surface area contributed by atoms with E-state index in [9.17, 15) is 5.11 Å². The predicted octanol–water partition coefficient (Wildman–Crippen LogP) is 1.68. The molecule has 0 aliphatic carbocycles. The van der Waals surface area contributed by atoms with Crippen LogP contribution in [-0.4, -0.2) is 79.3 Å². The fraction of sp³-hybridized carbons (Fsp3) is 0.700. The molecule has 1 aromatic rings. The average molecular weight is 362 g/mol. The second-order valence-electron chi connectivity index (χ2n) is 8.22. The van der Waals surface area contributed by atoms with Gasteiger partial charge >= 0.3 is 0 Å². The first-order chi connectivity index (χ1) is 12.5. The number of rotatable bonds is 4. The minimum absolute atomic E-state index is 0.0923. The van der Waals surface area contributed by atoms with Gasteiger partial charge in [0.25, 0.3) is 0 Å². The van der Waals surface area contributed by atoms with E-state index in [0.717, 1.165) is 62.9 Å². The van der Waals surface area contributed by atoms with Crippen molar-refractivity contribution in [2.75, 3.05) is 52.7 Å². The number of aliphatic hydroxyl groups excluding tert-OH is 1. The number of β-amino-alcohol motifs (C(OH)–C–C–N with tert-alkyl or cyclic N) is 1. The molecule has 144 valence electrons. The van der Waals surface area contributed by atoms with Gasteiger partial charge in [-0.15, -0.1) is 0 Å². The van der Waals surface area contributed by atoms with E-state index in [-0.39, 0.29) is 24.4 Å². The molecule has 3 heterocycles. The molecule has 3 aliphatic rings. The molecule has 0 amide bonds. The lowest BCUT2D eigenvalue weighted by atomic mass is 9.86. The van der Waals surface area contributed by atoms with Gasteiger partial charge in [0, 0.05) is 37.6 Å². The third kappa shape index (κ3) is 3.69. The Kier molecular flexibility index (Phi) is 5.10. The Balaban J connectivity index is 1.37. The molecule has 0 saturated carbocycles. The lowest BCUT2D eigenvalue weighted by Crippen LogP contribution is -2.57. The molecule has 1 aromatic carbocycles. The van der Waals surface area contributed by atoms with E-state index in [0.29, 0.717) is 6.54 Å². The zero-order chi connectivity index (χ0) is 18.1. The number of hydrogen-bond donors (Lipinski definition) is 1. The van der Waals surface area contributed by atoms with Crippen molar-refractivity contribution in [2.24, 2.45) is 0 Å². The van der Waals surface area contributed by atoms with Crippen LogP contribution in [0.2, 0.25) is 0 Å². The van der Waals surface area contributed by atoms with Gasteiger partial charge < -0.3 is 19.3 Å². The molecule has 2 atom stereocenters. The summed E-state index contributed by atoms with van der Waals surface area (Å²) in [6.07, 6.45) is 0.601.